The Kier molecular flexibility index (Phi) is 38.0. The van der Waals surface area contributed by atoms with Gasteiger partial charge in [0, 0.05) is 6.42 Å². The molecule has 3 N–H and O–H groups in total. The lowest BCUT2D eigenvalue weighted by Gasteiger charge is -2.19. The number of amides is 1. The van der Waals surface area contributed by atoms with Gasteiger partial charge in [0.1, 0.15) is 0 Å². The lowest BCUT2D eigenvalue weighted by atomic mass is 10.0. The Labute approximate surface area is 298 Å². The summed E-state index contributed by atoms with van der Waals surface area (Å²) in [7, 11) is 0. The van der Waals surface area contributed by atoms with Gasteiger partial charge in [0.05, 0.1) is 18.8 Å². The topological polar surface area (TPSA) is 69.6 Å². The van der Waals surface area contributed by atoms with Crippen LogP contribution in [0.5, 0.6) is 0 Å². The van der Waals surface area contributed by atoms with Crippen molar-refractivity contribution in [2.75, 3.05) is 6.61 Å². The van der Waals surface area contributed by atoms with Gasteiger partial charge in [-0.25, -0.2) is 0 Å². The minimum absolute atomic E-state index is 0.0845. The molecule has 0 saturated heterocycles. The van der Waals surface area contributed by atoms with Crippen LogP contribution < -0.4 is 5.32 Å². The molecule has 0 saturated carbocycles. The Morgan fingerprint density at radius 2 is 0.875 bits per heavy atom. The molecule has 0 aromatic rings. The number of aliphatic hydroxyl groups excluding tert-OH is 2. The van der Waals surface area contributed by atoms with E-state index in [1.165, 1.54) is 135 Å². The van der Waals surface area contributed by atoms with E-state index >= 15 is 0 Å². The van der Waals surface area contributed by atoms with Gasteiger partial charge in [0.2, 0.25) is 5.91 Å². The van der Waals surface area contributed by atoms with Crippen molar-refractivity contribution < 1.29 is 15.0 Å². The predicted molar refractivity (Wildman–Crippen MR) is 211 cm³/mol. The number of allylic oxidation sites excluding steroid dienone is 9. The van der Waals surface area contributed by atoms with Crippen LogP contribution in [0, 0.1) is 0 Å². The van der Waals surface area contributed by atoms with Gasteiger partial charge in [0.25, 0.3) is 0 Å². The summed E-state index contributed by atoms with van der Waals surface area (Å²) in [6.07, 6.45) is 54.5. The number of hydrogen-bond donors (Lipinski definition) is 3. The molecular weight excluding hydrogens is 590 g/mol. The highest BCUT2D eigenvalue weighted by atomic mass is 16.3. The molecule has 0 spiro atoms. The van der Waals surface area contributed by atoms with Crippen LogP contribution in [0.25, 0.3) is 0 Å². The Morgan fingerprint density at radius 3 is 1.38 bits per heavy atom. The summed E-state index contributed by atoms with van der Waals surface area (Å²) in [5, 5.41) is 22.9. The Hall–Kier alpha value is -1.91. The lowest BCUT2D eigenvalue weighted by molar-refractivity contribution is -0.123. The van der Waals surface area contributed by atoms with Crippen LogP contribution in [-0.4, -0.2) is 34.9 Å². The van der Waals surface area contributed by atoms with Crippen LogP contribution in [0.15, 0.2) is 60.8 Å². The van der Waals surface area contributed by atoms with E-state index in [9.17, 15) is 15.0 Å². The average Bonchev–Trinajstić information content (AvgIpc) is 3.09. The van der Waals surface area contributed by atoms with Gasteiger partial charge in [-0.1, -0.05) is 177 Å². The number of carbonyl (C=O) groups excluding carboxylic acids is 1. The smallest absolute Gasteiger partial charge is 0.220 e. The van der Waals surface area contributed by atoms with Crippen LogP contribution in [-0.2, 0) is 4.79 Å². The van der Waals surface area contributed by atoms with Crippen molar-refractivity contribution in [2.24, 2.45) is 0 Å². The van der Waals surface area contributed by atoms with E-state index < -0.39 is 12.1 Å². The van der Waals surface area contributed by atoms with Gasteiger partial charge in [-0.05, 0) is 70.6 Å². The normalized spacial score (nSPS) is 13.7. The monoisotopic (exact) mass is 670 g/mol. The Morgan fingerprint density at radius 1 is 0.500 bits per heavy atom. The summed E-state index contributed by atoms with van der Waals surface area (Å²) in [4.78, 5) is 12.4. The zero-order valence-electron chi connectivity index (χ0n) is 31.7. The Balaban J connectivity index is 3.68. The SMILES string of the molecule is CCCCC/C=C\C=C/CCCCCCCCCCCCC(=O)NC(CO)C(O)/C=C/CC/C=C/CC/C=C/CCCCCCCCC. The summed E-state index contributed by atoms with van der Waals surface area (Å²) < 4.78 is 0. The number of aliphatic hydroxyl groups is 2. The fraction of sp³-hybridized carbons (Fsp3) is 0.750. The van der Waals surface area contributed by atoms with E-state index in [1.807, 2.05) is 6.08 Å². The fourth-order valence-corrected chi connectivity index (χ4v) is 5.79. The van der Waals surface area contributed by atoms with Crippen LogP contribution in [0.3, 0.4) is 0 Å². The quantitative estimate of drug-likeness (QED) is 0.0353. The zero-order chi connectivity index (χ0) is 35.0. The van der Waals surface area contributed by atoms with Gasteiger partial charge in [-0.3, -0.25) is 4.79 Å². The molecule has 278 valence electrons. The molecule has 2 unspecified atom stereocenters. The highest BCUT2D eigenvalue weighted by molar-refractivity contribution is 5.76. The Bertz CT molecular complexity index is 812. The highest BCUT2D eigenvalue weighted by Crippen LogP contribution is 2.13. The second-order valence-corrected chi connectivity index (χ2v) is 13.7. The molecule has 0 radical (unpaired) electrons. The van der Waals surface area contributed by atoms with Crippen LogP contribution in [0.1, 0.15) is 194 Å². The van der Waals surface area contributed by atoms with Crippen molar-refractivity contribution in [1.29, 1.82) is 0 Å². The second kappa shape index (κ2) is 39.5. The first-order valence-corrected chi connectivity index (χ1v) is 20.5. The fourth-order valence-electron chi connectivity index (χ4n) is 5.79. The van der Waals surface area contributed by atoms with E-state index in [2.05, 4.69) is 67.8 Å². The molecule has 0 bridgehead atoms. The molecule has 4 heteroatoms. The standard InChI is InChI=1S/C44H79NO3/c1-3-5-7-9-11-13-15-17-19-21-22-24-26-28-30-32-34-36-38-40-44(48)45-42(41-46)43(47)39-37-35-33-31-29-27-25-23-20-18-16-14-12-10-8-6-4-2/h11,13,15,17,20,23,29,31,37,39,42-43,46-47H,3-10,12,14,16,18-19,21-22,24-28,30,32-36,38,40-41H2,1-2H3,(H,45,48)/b13-11-,17-15-,23-20+,31-29+,39-37+. The van der Waals surface area contributed by atoms with Gasteiger partial charge in [-0.15, -0.1) is 0 Å². The lowest BCUT2D eigenvalue weighted by Crippen LogP contribution is -2.45. The van der Waals surface area contributed by atoms with Gasteiger partial charge in [0.15, 0.2) is 0 Å². The molecule has 0 aromatic carbocycles. The van der Waals surface area contributed by atoms with Crippen molar-refractivity contribution in [3.63, 3.8) is 0 Å². The molecule has 1 amide bonds. The molecule has 2 atom stereocenters. The van der Waals surface area contributed by atoms with Crippen molar-refractivity contribution in [1.82, 2.24) is 5.32 Å². The van der Waals surface area contributed by atoms with Crippen molar-refractivity contribution in [3.05, 3.63) is 60.8 Å². The first-order chi connectivity index (χ1) is 23.7. The van der Waals surface area contributed by atoms with Crippen molar-refractivity contribution in [3.8, 4) is 0 Å². The molecule has 0 fully saturated rings. The third-order valence-corrected chi connectivity index (χ3v) is 8.98. The molecule has 0 aliphatic rings. The summed E-state index contributed by atoms with van der Waals surface area (Å²) in [5.41, 5.74) is 0. The largest absolute Gasteiger partial charge is 0.394 e. The first-order valence-electron chi connectivity index (χ1n) is 20.5. The summed E-state index contributed by atoms with van der Waals surface area (Å²) >= 11 is 0. The van der Waals surface area contributed by atoms with Gasteiger partial charge in [-0.2, -0.15) is 0 Å². The molecule has 4 nitrogen and oxygen atoms in total. The minimum atomic E-state index is -0.872. The van der Waals surface area contributed by atoms with E-state index in [4.69, 9.17) is 0 Å². The van der Waals surface area contributed by atoms with Crippen LogP contribution >= 0.6 is 0 Å². The zero-order valence-corrected chi connectivity index (χ0v) is 31.7. The number of unbranched alkanes of at least 4 members (excludes halogenated alkanes) is 22. The maximum atomic E-state index is 12.4. The maximum absolute atomic E-state index is 12.4. The summed E-state index contributed by atoms with van der Waals surface area (Å²) in [6, 6.07) is -0.648. The van der Waals surface area contributed by atoms with Crippen molar-refractivity contribution >= 4 is 5.91 Å². The number of nitrogens with one attached hydrogen (secondary N) is 1. The molecule has 0 aliphatic carbocycles. The van der Waals surface area contributed by atoms with Gasteiger partial charge >= 0.3 is 0 Å². The molecular formula is C44H79NO3. The van der Waals surface area contributed by atoms with E-state index in [0.717, 1.165) is 38.5 Å². The van der Waals surface area contributed by atoms with Crippen molar-refractivity contribution in [2.45, 2.75) is 206 Å². The number of hydrogen-bond acceptors (Lipinski definition) is 3. The van der Waals surface area contributed by atoms with E-state index in [0.29, 0.717) is 6.42 Å². The summed E-state index contributed by atoms with van der Waals surface area (Å²) in [5.74, 6) is -0.0845. The van der Waals surface area contributed by atoms with Crippen LogP contribution in [0.4, 0.5) is 0 Å². The van der Waals surface area contributed by atoms with E-state index in [-0.39, 0.29) is 12.5 Å². The molecule has 0 aromatic heterocycles. The van der Waals surface area contributed by atoms with Crippen LogP contribution in [0.2, 0.25) is 0 Å². The third kappa shape index (κ3) is 35.4. The predicted octanol–water partition coefficient (Wildman–Crippen LogP) is 12.6. The molecule has 0 aliphatic heterocycles. The summed E-state index contributed by atoms with van der Waals surface area (Å²) in [6.45, 7) is 4.25. The van der Waals surface area contributed by atoms with Gasteiger partial charge < -0.3 is 15.5 Å². The molecule has 0 rings (SSSR count). The van der Waals surface area contributed by atoms with E-state index in [1.54, 1.807) is 6.08 Å². The maximum Gasteiger partial charge on any atom is 0.220 e. The minimum Gasteiger partial charge on any atom is -0.394 e. The number of rotatable bonds is 36. The second-order valence-electron chi connectivity index (χ2n) is 13.7. The highest BCUT2D eigenvalue weighted by Gasteiger charge is 2.17. The third-order valence-electron chi connectivity index (χ3n) is 8.98. The molecule has 0 heterocycles. The first kappa shape index (κ1) is 46.1. The molecule has 48 heavy (non-hydrogen) atoms. The number of carbonyl (C=O) groups is 1. The average molecular weight is 670 g/mol.